The Bertz CT molecular complexity index is 131. The van der Waals surface area contributed by atoms with Crippen LogP contribution in [0.5, 0.6) is 0 Å². The molecule has 1 atom stereocenters. The molecule has 0 radical (unpaired) electrons. The minimum atomic E-state index is 0.672. The lowest BCUT2D eigenvalue weighted by Gasteiger charge is -2.07. The van der Waals surface area contributed by atoms with Gasteiger partial charge in [-0.15, -0.1) is 0 Å². The van der Waals surface area contributed by atoms with Crippen molar-refractivity contribution in [1.82, 2.24) is 5.32 Å². The van der Waals surface area contributed by atoms with E-state index in [2.05, 4.69) is 24.6 Å². The van der Waals surface area contributed by atoms with E-state index in [9.17, 15) is 0 Å². The first-order chi connectivity index (χ1) is 5.81. The summed E-state index contributed by atoms with van der Waals surface area (Å²) >= 11 is 1.90. The van der Waals surface area contributed by atoms with E-state index in [1.807, 2.05) is 11.8 Å². The lowest BCUT2D eigenvalue weighted by molar-refractivity contribution is 0.627. The predicted molar refractivity (Wildman–Crippen MR) is 55.3 cm³/mol. The Morgan fingerprint density at radius 3 is 2.83 bits per heavy atom. The molecule has 0 rings (SSSR count). The van der Waals surface area contributed by atoms with E-state index >= 15 is 0 Å². The fraction of sp³-hybridized carbons (Fsp3) is 0.889. The summed E-state index contributed by atoms with van der Waals surface area (Å²) in [6.07, 6.45) is 5.00. The van der Waals surface area contributed by atoms with Crippen molar-refractivity contribution in [2.75, 3.05) is 19.3 Å². The van der Waals surface area contributed by atoms with Crippen LogP contribution in [0.25, 0.3) is 0 Å². The van der Waals surface area contributed by atoms with Gasteiger partial charge in [0, 0.05) is 11.7 Å². The number of thioether (sulfide) groups is 1. The summed E-state index contributed by atoms with van der Waals surface area (Å²) in [5.41, 5.74) is 0. The van der Waals surface area contributed by atoms with E-state index in [4.69, 9.17) is 5.26 Å². The molecule has 0 aliphatic carbocycles. The van der Waals surface area contributed by atoms with Gasteiger partial charge in [-0.2, -0.15) is 17.0 Å². The first-order valence-electron chi connectivity index (χ1n) is 4.41. The van der Waals surface area contributed by atoms with Crippen molar-refractivity contribution < 1.29 is 0 Å². The molecule has 1 N–H and O–H groups in total. The van der Waals surface area contributed by atoms with Crippen LogP contribution in [0.2, 0.25) is 0 Å². The molecule has 0 aliphatic rings. The maximum atomic E-state index is 8.27. The first-order valence-corrected chi connectivity index (χ1v) is 5.70. The average molecular weight is 186 g/mol. The van der Waals surface area contributed by atoms with Crippen LogP contribution in [0.4, 0.5) is 0 Å². The van der Waals surface area contributed by atoms with Gasteiger partial charge in [0.1, 0.15) is 0 Å². The van der Waals surface area contributed by atoms with Crippen LogP contribution in [0, 0.1) is 11.3 Å². The number of nitriles is 1. The van der Waals surface area contributed by atoms with E-state index in [1.165, 1.54) is 6.42 Å². The summed E-state index contributed by atoms with van der Waals surface area (Å²) in [4.78, 5) is 0. The lowest BCUT2D eigenvalue weighted by Crippen LogP contribution is -2.19. The van der Waals surface area contributed by atoms with Gasteiger partial charge in [-0.1, -0.05) is 6.92 Å². The zero-order valence-corrected chi connectivity index (χ0v) is 8.78. The number of nitrogens with one attached hydrogen (secondary N) is 1. The zero-order valence-electron chi connectivity index (χ0n) is 7.97. The molecule has 0 heterocycles. The van der Waals surface area contributed by atoms with Crippen molar-refractivity contribution in [2.24, 2.45) is 0 Å². The monoisotopic (exact) mass is 186 g/mol. The Morgan fingerprint density at radius 1 is 1.50 bits per heavy atom. The van der Waals surface area contributed by atoms with Crippen LogP contribution in [-0.4, -0.2) is 24.6 Å². The summed E-state index contributed by atoms with van der Waals surface area (Å²) in [7, 11) is 0. The molecule has 2 nitrogen and oxygen atoms in total. The third kappa shape index (κ3) is 7.90. The van der Waals surface area contributed by atoms with Crippen molar-refractivity contribution in [3.05, 3.63) is 0 Å². The molecular weight excluding hydrogens is 168 g/mol. The molecule has 0 aliphatic heterocycles. The highest BCUT2D eigenvalue weighted by Gasteiger charge is 1.96. The van der Waals surface area contributed by atoms with Crippen LogP contribution in [0.1, 0.15) is 26.2 Å². The molecule has 3 heteroatoms. The van der Waals surface area contributed by atoms with Gasteiger partial charge in [0.2, 0.25) is 0 Å². The largest absolute Gasteiger partial charge is 0.317 e. The van der Waals surface area contributed by atoms with Crippen molar-refractivity contribution >= 4 is 11.8 Å². The molecule has 0 amide bonds. The standard InChI is InChI=1S/C9H18N2S/c1-9(12-2)5-8-11-7-4-3-6-10/h9,11H,3-5,7-8H2,1-2H3. The summed E-state index contributed by atoms with van der Waals surface area (Å²) in [5.74, 6) is 0. The first kappa shape index (κ1) is 11.8. The quantitative estimate of drug-likeness (QED) is 0.618. The SMILES string of the molecule is CSC(C)CCNCCCC#N. The summed E-state index contributed by atoms with van der Waals surface area (Å²) in [6.45, 7) is 4.30. The molecule has 0 fully saturated rings. The molecular formula is C9H18N2S. The van der Waals surface area contributed by atoms with E-state index in [0.717, 1.165) is 24.8 Å². The van der Waals surface area contributed by atoms with Gasteiger partial charge in [0.15, 0.2) is 0 Å². The molecule has 0 aromatic heterocycles. The second-order valence-corrected chi connectivity index (χ2v) is 4.12. The van der Waals surface area contributed by atoms with E-state index < -0.39 is 0 Å². The molecule has 70 valence electrons. The minimum Gasteiger partial charge on any atom is -0.317 e. The summed E-state index contributed by atoms with van der Waals surface area (Å²) in [6, 6.07) is 2.13. The maximum Gasteiger partial charge on any atom is 0.0622 e. The Labute approximate surface area is 79.7 Å². The number of nitrogens with zero attached hydrogens (tertiary/aromatic N) is 1. The van der Waals surface area contributed by atoms with Gasteiger partial charge < -0.3 is 5.32 Å². The highest BCUT2D eigenvalue weighted by Crippen LogP contribution is 2.07. The normalized spacial score (nSPS) is 12.4. The Morgan fingerprint density at radius 2 is 2.25 bits per heavy atom. The van der Waals surface area contributed by atoms with Crippen LogP contribution in [-0.2, 0) is 0 Å². The van der Waals surface area contributed by atoms with Gasteiger partial charge >= 0.3 is 0 Å². The minimum absolute atomic E-state index is 0.672. The molecule has 0 aromatic carbocycles. The van der Waals surface area contributed by atoms with Crippen LogP contribution in [0.15, 0.2) is 0 Å². The number of hydrogen-bond acceptors (Lipinski definition) is 3. The van der Waals surface area contributed by atoms with Crippen molar-refractivity contribution in [1.29, 1.82) is 5.26 Å². The van der Waals surface area contributed by atoms with E-state index in [1.54, 1.807) is 0 Å². The molecule has 12 heavy (non-hydrogen) atoms. The predicted octanol–water partition coefficient (Wildman–Crippen LogP) is 2.02. The van der Waals surface area contributed by atoms with Gasteiger partial charge in [0.25, 0.3) is 0 Å². The summed E-state index contributed by atoms with van der Waals surface area (Å²) < 4.78 is 0. The maximum absolute atomic E-state index is 8.27. The second kappa shape index (κ2) is 8.89. The number of hydrogen-bond donors (Lipinski definition) is 1. The average Bonchev–Trinajstić information content (AvgIpc) is 2.10. The van der Waals surface area contributed by atoms with Gasteiger partial charge in [-0.25, -0.2) is 0 Å². The molecule has 0 saturated heterocycles. The third-order valence-corrected chi connectivity index (χ3v) is 2.81. The molecule has 1 unspecified atom stereocenters. The van der Waals surface area contributed by atoms with Gasteiger partial charge in [0.05, 0.1) is 6.07 Å². The highest BCUT2D eigenvalue weighted by molar-refractivity contribution is 7.99. The number of rotatable bonds is 7. The fourth-order valence-corrected chi connectivity index (χ4v) is 1.19. The van der Waals surface area contributed by atoms with Crippen LogP contribution >= 0.6 is 11.8 Å². The second-order valence-electron chi connectivity index (χ2n) is 2.85. The highest BCUT2D eigenvalue weighted by atomic mass is 32.2. The van der Waals surface area contributed by atoms with Crippen LogP contribution in [0.3, 0.4) is 0 Å². The molecule has 0 bridgehead atoms. The fourth-order valence-electron chi connectivity index (χ4n) is 0.841. The molecule has 0 spiro atoms. The van der Waals surface area contributed by atoms with Crippen molar-refractivity contribution in [3.63, 3.8) is 0 Å². The van der Waals surface area contributed by atoms with Crippen molar-refractivity contribution in [3.8, 4) is 6.07 Å². The van der Waals surface area contributed by atoms with Gasteiger partial charge in [-0.3, -0.25) is 0 Å². The Kier molecular flexibility index (Phi) is 8.74. The lowest BCUT2D eigenvalue weighted by atomic mass is 10.3. The smallest absolute Gasteiger partial charge is 0.0622 e. The van der Waals surface area contributed by atoms with E-state index in [-0.39, 0.29) is 0 Å². The van der Waals surface area contributed by atoms with Gasteiger partial charge in [-0.05, 0) is 32.2 Å². The topological polar surface area (TPSA) is 35.8 Å². The molecule has 0 saturated carbocycles. The number of unbranched alkanes of at least 4 members (excludes halogenated alkanes) is 1. The van der Waals surface area contributed by atoms with Crippen LogP contribution < -0.4 is 5.32 Å². The molecule has 0 aromatic rings. The Hall–Kier alpha value is -0.200. The van der Waals surface area contributed by atoms with E-state index in [0.29, 0.717) is 6.42 Å². The zero-order chi connectivity index (χ0) is 9.23. The Balaban J connectivity index is 2.96. The summed E-state index contributed by atoms with van der Waals surface area (Å²) in [5, 5.41) is 12.3. The van der Waals surface area contributed by atoms with Crippen molar-refractivity contribution in [2.45, 2.75) is 31.4 Å². The third-order valence-electron chi connectivity index (χ3n) is 1.77.